The van der Waals surface area contributed by atoms with Crippen molar-refractivity contribution in [2.45, 2.75) is 12.3 Å². The molecule has 0 aliphatic carbocycles. The van der Waals surface area contributed by atoms with Gasteiger partial charge in [-0.25, -0.2) is 0 Å². The summed E-state index contributed by atoms with van der Waals surface area (Å²) in [4.78, 5) is 14.2. The Morgan fingerprint density at radius 3 is 2.62 bits per heavy atom. The normalized spacial score (nSPS) is 17.9. The fourth-order valence-corrected chi connectivity index (χ4v) is 2.81. The smallest absolute Gasteiger partial charge is 0.257 e. The lowest BCUT2D eigenvalue weighted by molar-refractivity contribution is 0.0787. The van der Waals surface area contributed by atoms with E-state index < -0.39 is 0 Å². The van der Waals surface area contributed by atoms with Crippen LogP contribution < -0.4 is 0 Å². The number of carbonyl (C=O) groups is 1. The van der Waals surface area contributed by atoms with Crippen molar-refractivity contribution < 1.29 is 15.0 Å². The van der Waals surface area contributed by atoms with E-state index in [-0.39, 0.29) is 23.0 Å². The highest BCUT2D eigenvalue weighted by atomic mass is 16.3. The van der Waals surface area contributed by atoms with Crippen molar-refractivity contribution in [2.75, 3.05) is 13.1 Å². The van der Waals surface area contributed by atoms with Crippen LogP contribution >= 0.6 is 0 Å². The minimum atomic E-state index is -0.234. The summed E-state index contributed by atoms with van der Waals surface area (Å²) in [6.07, 6.45) is 0.912. The summed E-state index contributed by atoms with van der Waals surface area (Å²) in [5.41, 5.74) is 1.39. The Morgan fingerprint density at radius 2 is 1.86 bits per heavy atom. The fourth-order valence-electron chi connectivity index (χ4n) is 2.81. The summed E-state index contributed by atoms with van der Waals surface area (Å²) in [5.74, 6) is -0.0210. The second kappa shape index (κ2) is 5.48. The summed E-state index contributed by atoms with van der Waals surface area (Å²) in [6.45, 7) is 1.30. The van der Waals surface area contributed by atoms with E-state index in [1.54, 1.807) is 4.90 Å². The van der Waals surface area contributed by atoms with Crippen LogP contribution in [0.4, 0.5) is 0 Å². The van der Waals surface area contributed by atoms with Crippen LogP contribution in [0.25, 0.3) is 0 Å². The molecule has 21 heavy (non-hydrogen) atoms. The molecule has 2 aromatic rings. The maximum Gasteiger partial charge on any atom is 0.257 e. The quantitative estimate of drug-likeness (QED) is 0.833. The number of hydrogen-bond donors (Lipinski definition) is 2. The number of likely N-dealkylation sites (tertiary alicyclic amines) is 1. The SMILES string of the molecule is O=C(c1cc(O)ccc1O)N1CCC(c2ccccc2)C1. The molecule has 0 spiro atoms. The first kappa shape index (κ1) is 13.5. The van der Waals surface area contributed by atoms with Gasteiger partial charge in [-0.1, -0.05) is 30.3 Å². The maximum absolute atomic E-state index is 12.5. The zero-order chi connectivity index (χ0) is 14.8. The molecule has 1 aliphatic heterocycles. The topological polar surface area (TPSA) is 60.8 Å². The van der Waals surface area contributed by atoms with E-state index in [9.17, 15) is 15.0 Å². The van der Waals surface area contributed by atoms with Gasteiger partial charge in [0.25, 0.3) is 5.91 Å². The molecule has 2 N–H and O–H groups in total. The molecule has 1 atom stereocenters. The standard InChI is InChI=1S/C17H17NO3/c19-14-6-7-16(20)15(10-14)17(21)18-9-8-13(11-18)12-4-2-1-3-5-12/h1-7,10,13,19-20H,8-9,11H2. The van der Waals surface area contributed by atoms with Crippen LogP contribution in [-0.2, 0) is 0 Å². The Labute approximate surface area is 123 Å². The Hall–Kier alpha value is -2.49. The molecule has 108 valence electrons. The lowest BCUT2D eigenvalue weighted by atomic mass is 9.99. The Kier molecular flexibility index (Phi) is 3.52. The van der Waals surface area contributed by atoms with E-state index >= 15 is 0 Å². The average molecular weight is 283 g/mol. The first-order valence-corrected chi connectivity index (χ1v) is 7.01. The number of hydrogen-bond acceptors (Lipinski definition) is 3. The van der Waals surface area contributed by atoms with Gasteiger partial charge in [0.15, 0.2) is 0 Å². The maximum atomic E-state index is 12.5. The largest absolute Gasteiger partial charge is 0.508 e. The molecule has 1 saturated heterocycles. The van der Waals surface area contributed by atoms with Crippen molar-refractivity contribution in [3.8, 4) is 11.5 Å². The minimum absolute atomic E-state index is 0.0186. The molecular weight excluding hydrogens is 266 g/mol. The minimum Gasteiger partial charge on any atom is -0.508 e. The number of nitrogens with zero attached hydrogens (tertiary/aromatic N) is 1. The number of carbonyl (C=O) groups excluding carboxylic acids is 1. The van der Waals surface area contributed by atoms with Gasteiger partial charge >= 0.3 is 0 Å². The van der Waals surface area contributed by atoms with Gasteiger partial charge in [-0.2, -0.15) is 0 Å². The summed E-state index contributed by atoms with van der Waals surface area (Å²) >= 11 is 0. The van der Waals surface area contributed by atoms with Crippen LogP contribution in [0.3, 0.4) is 0 Å². The van der Waals surface area contributed by atoms with Crippen molar-refractivity contribution in [3.63, 3.8) is 0 Å². The van der Waals surface area contributed by atoms with Crippen molar-refractivity contribution >= 4 is 5.91 Å². The van der Waals surface area contributed by atoms with E-state index in [0.717, 1.165) is 6.42 Å². The summed E-state index contributed by atoms with van der Waals surface area (Å²) < 4.78 is 0. The number of aromatic hydroxyl groups is 2. The molecule has 4 nitrogen and oxygen atoms in total. The first-order valence-electron chi connectivity index (χ1n) is 7.01. The molecule has 0 saturated carbocycles. The zero-order valence-electron chi connectivity index (χ0n) is 11.6. The van der Waals surface area contributed by atoms with Crippen LogP contribution in [0.2, 0.25) is 0 Å². The highest BCUT2D eigenvalue weighted by Crippen LogP contribution is 2.30. The molecule has 1 amide bonds. The van der Waals surface area contributed by atoms with E-state index in [2.05, 4.69) is 12.1 Å². The van der Waals surface area contributed by atoms with E-state index in [1.165, 1.54) is 23.8 Å². The van der Waals surface area contributed by atoms with Crippen molar-refractivity contribution in [3.05, 3.63) is 59.7 Å². The Balaban J connectivity index is 1.77. The molecule has 3 rings (SSSR count). The first-order chi connectivity index (χ1) is 10.1. The molecule has 1 fully saturated rings. The van der Waals surface area contributed by atoms with Gasteiger partial charge in [-0.15, -0.1) is 0 Å². The van der Waals surface area contributed by atoms with Crippen LogP contribution in [-0.4, -0.2) is 34.1 Å². The second-order valence-corrected chi connectivity index (χ2v) is 5.35. The lowest BCUT2D eigenvalue weighted by Crippen LogP contribution is -2.28. The number of amides is 1. The molecular formula is C17H17NO3. The van der Waals surface area contributed by atoms with E-state index in [0.29, 0.717) is 19.0 Å². The van der Waals surface area contributed by atoms with Crippen LogP contribution in [0.15, 0.2) is 48.5 Å². The highest BCUT2D eigenvalue weighted by molar-refractivity contribution is 5.97. The highest BCUT2D eigenvalue weighted by Gasteiger charge is 2.29. The average Bonchev–Trinajstić information content (AvgIpc) is 3.00. The Bertz CT molecular complexity index is 654. The third-order valence-electron chi connectivity index (χ3n) is 3.96. The van der Waals surface area contributed by atoms with Gasteiger partial charge in [-0.05, 0) is 30.2 Å². The summed E-state index contributed by atoms with van der Waals surface area (Å²) in [6, 6.07) is 14.1. The molecule has 4 heteroatoms. The summed E-state index contributed by atoms with van der Waals surface area (Å²) in [5, 5.41) is 19.3. The molecule has 1 unspecified atom stereocenters. The number of phenolic OH excluding ortho intramolecular Hbond substituents is 2. The predicted octanol–water partition coefficient (Wildman–Crippen LogP) is 2.73. The molecule has 1 heterocycles. The molecule has 1 aliphatic rings. The van der Waals surface area contributed by atoms with E-state index in [4.69, 9.17) is 0 Å². The lowest BCUT2D eigenvalue weighted by Gasteiger charge is -2.17. The number of phenols is 2. The van der Waals surface area contributed by atoms with Crippen molar-refractivity contribution in [1.29, 1.82) is 0 Å². The van der Waals surface area contributed by atoms with Gasteiger partial charge < -0.3 is 15.1 Å². The fraction of sp³-hybridized carbons (Fsp3) is 0.235. The predicted molar refractivity (Wildman–Crippen MR) is 79.5 cm³/mol. The third kappa shape index (κ3) is 2.70. The van der Waals surface area contributed by atoms with Gasteiger partial charge in [0, 0.05) is 19.0 Å². The molecule has 0 aromatic heterocycles. The molecule has 0 bridgehead atoms. The van der Waals surface area contributed by atoms with Crippen LogP contribution in [0.1, 0.15) is 28.3 Å². The monoisotopic (exact) mass is 283 g/mol. The number of benzene rings is 2. The van der Waals surface area contributed by atoms with Crippen LogP contribution in [0.5, 0.6) is 11.5 Å². The van der Waals surface area contributed by atoms with E-state index in [1.807, 2.05) is 18.2 Å². The third-order valence-corrected chi connectivity index (χ3v) is 3.96. The van der Waals surface area contributed by atoms with Gasteiger partial charge in [0.05, 0.1) is 5.56 Å². The van der Waals surface area contributed by atoms with Gasteiger partial charge in [0.1, 0.15) is 11.5 Å². The number of rotatable bonds is 2. The van der Waals surface area contributed by atoms with Gasteiger partial charge in [-0.3, -0.25) is 4.79 Å². The summed E-state index contributed by atoms with van der Waals surface area (Å²) in [7, 11) is 0. The Morgan fingerprint density at radius 1 is 1.10 bits per heavy atom. The molecule has 2 aromatic carbocycles. The zero-order valence-corrected chi connectivity index (χ0v) is 11.6. The van der Waals surface area contributed by atoms with Crippen molar-refractivity contribution in [1.82, 2.24) is 4.90 Å². The molecule has 0 radical (unpaired) electrons. The second-order valence-electron chi connectivity index (χ2n) is 5.35. The van der Waals surface area contributed by atoms with Crippen molar-refractivity contribution in [2.24, 2.45) is 0 Å². The van der Waals surface area contributed by atoms with Crippen LogP contribution in [0, 0.1) is 0 Å². The van der Waals surface area contributed by atoms with Gasteiger partial charge in [0.2, 0.25) is 0 Å².